The third kappa shape index (κ3) is 2.16. The highest BCUT2D eigenvalue weighted by molar-refractivity contribution is 7.71. The average molecular weight is 171 g/mol. The van der Waals surface area contributed by atoms with Gasteiger partial charge < -0.3 is 4.52 Å². The van der Waals surface area contributed by atoms with Gasteiger partial charge in [0.2, 0.25) is 0 Å². The van der Waals surface area contributed by atoms with Gasteiger partial charge in [0.05, 0.1) is 0 Å². The molecule has 0 aromatic heterocycles. The summed E-state index contributed by atoms with van der Waals surface area (Å²) < 4.78 is 5.01. The van der Waals surface area contributed by atoms with E-state index in [1.54, 1.807) is 7.11 Å². The molecule has 0 bridgehead atoms. The minimum absolute atomic E-state index is 0.507. The van der Waals surface area contributed by atoms with E-state index in [-0.39, 0.29) is 0 Å². The fraction of sp³-hybridized carbons (Fsp3) is 1.00. The first kappa shape index (κ1) is 7.24. The van der Waals surface area contributed by atoms with Crippen LogP contribution in [0.4, 0.5) is 0 Å². The molecule has 0 aromatic rings. The molecule has 4 nitrogen and oxygen atoms in total. The van der Waals surface area contributed by atoms with E-state index in [2.05, 4.69) is 14.6 Å². The molecule has 0 aliphatic carbocycles. The number of hydrogen-bond donors (Lipinski definition) is 3. The Balaban J connectivity index is 2.13. The summed E-state index contributed by atoms with van der Waals surface area (Å²) in [6.45, 7) is 0. The van der Waals surface area contributed by atoms with E-state index in [0.717, 1.165) is 0 Å². The Hall–Kier alpha value is 1.13. The SMILES string of the molecule is COP1NPNPN1. The van der Waals surface area contributed by atoms with Gasteiger partial charge >= 0.3 is 0 Å². The molecular weight excluding hydrogens is 163 g/mol. The Kier molecular flexibility index (Phi) is 3.64. The molecule has 0 aromatic carbocycles. The Morgan fingerprint density at radius 3 is 2.38 bits per heavy atom. The molecule has 0 saturated carbocycles. The van der Waals surface area contributed by atoms with Gasteiger partial charge in [-0.05, 0) is 0 Å². The van der Waals surface area contributed by atoms with Crippen LogP contribution in [0.3, 0.4) is 0 Å². The molecule has 2 unspecified atom stereocenters. The summed E-state index contributed by atoms with van der Waals surface area (Å²) in [5, 5.41) is 0. The fourth-order valence-corrected chi connectivity index (χ4v) is 4.28. The van der Waals surface area contributed by atoms with Crippen molar-refractivity contribution in [1.82, 2.24) is 14.6 Å². The van der Waals surface area contributed by atoms with Gasteiger partial charge in [0.1, 0.15) is 0 Å². The van der Waals surface area contributed by atoms with Crippen LogP contribution in [0.25, 0.3) is 0 Å². The molecule has 0 amide bonds. The summed E-state index contributed by atoms with van der Waals surface area (Å²) in [5.41, 5.74) is 0. The van der Waals surface area contributed by atoms with Crippen molar-refractivity contribution in [2.24, 2.45) is 0 Å². The molecule has 48 valence electrons. The first-order chi connectivity index (χ1) is 3.93. The van der Waals surface area contributed by atoms with Crippen LogP contribution in [-0.4, -0.2) is 7.11 Å². The zero-order valence-corrected chi connectivity index (χ0v) is 7.25. The van der Waals surface area contributed by atoms with E-state index in [4.69, 9.17) is 4.52 Å². The minimum Gasteiger partial charge on any atom is -0.335 e. The lowest BCUT2D eigenvalue weighted by molar-refractivity contribution is 0.456. The molecule has 0 spiro atoms. The molecule has 3 N–H and O–H groups in total. The van der Waals surface area contributed by atoms with Gasteiger partial charge in [-0.15, -0.1) is 0 Å². The second-order valence-corrected chi connectivity index (χ2v) is 5.32. The van der Waals surface area contributed by atoms with E-state index in [0.29, 0.717) is 17.8 Å². The number of rotatable bonds is 1. The van der Waals surface area contributed by atoms with Gasteiger partial charge in [-0.25, -0.2) is 9.72 Å². The van der Waals surface area contributed by atoms with Crippen molar-refractivity contribution in [1.29, 1.82) is 0 Å². The lowest BCUT2D eigenvalue weighted by atomic mass is 11.8. The van der Waals surface area contributed by atoms with E-state index >= 15 is 0 Å². The summed E-state index contributed by atoms with van der Waals surface area (Å²) in [4.78, 5) is 9.37. The lowest BCUT2D eigenvalue weighted by Gasteiger charge is -2.21. The molecule has 1 aliphatic heterocycles. The van der Waals surface area contributed by atoms with Crippen LogP contribution in [0.2, 0.25) is 0 Å². The Bertz CT molecular complexity index is 65.5. The lowest BCUT2D eigenvalue weighted by Crippen LogP contribution is -2.16. The highest BCUT2D eigenvalue weighted by atomic mass is 31.2. The molecule has 1 saturated heterocycles. The average Bonchev–Trinajstić information content (AvgIpc) is 1.90. The maximum atomic E-state index is 5.01. The summed E-state index contributed by atoms with van der Waals surface area (Å²) in [5.74, 6) is 0. The van der Waals surface area contributed by atoms with Crippen molar-refractivity contribution >= 4 is 26.2 Å². The third-order valence-electron chi connectivity index (χ3n) is 0.622. The second kappa shape index (κ2) is 4.03. The van der Waals surface area contributed by atoms with E-state index in [1.165, 1.54) is 0 Å². The second-order valence-electron chi connectivity index (χ2n) is 1.08. The van der Waals surface area contributed by atoms with Gasteiger partial charge in [0.25, 0.3) is 0 Å². The predicted molar refractivity (Wildman–Crippen MR) is 40.0 cm³/mol. The standard InChI is InChI=1S/CH8N3OP3/c1-5-8-3-6-2-7-4-8/h2-4,6-7H,1H3. The summed E-state index contributed by atoms with van der Waals surface area (Å²) in [6.07, 6.45) is 0. The van der Waals surface area contributed by atoms with Crippen LogP contribution in [0.15, 0.2) is 0 Å². The van der Waals surface area contributed by atoms with Gasteiger partial charge in [0.15, 0.2) is 8.45 Å². The number of hydrogen-bond acceptors (Lipinski definition) is 4. The van der Waals surface area contributed by atoms with Crippen LogP contribution in [-0.2, 0) is 4.52 Å². The quantitative estimate of drug-likeness (QED) is 0.507. The van der Waals surface area contributed by atoms with Crippen LogP contribution in [0.1, 0.15) is 0 Å². The molecular formula is CH8N3OP3. The fourth-order valence-electron chi connectivity index (χ4n) is 0.308. The zero-order chi connectivity index (χ0) is 5.82. The van der Waals surface area contributed by atoms with Crippen LogP contribution in [0.5, 0.6) is 0 Å². The van der Waals surface area contributed by atoms with E-state index in [9.17, 15) is 0 Å². The predicted octanol–water partition coefficient (Wildman–Crippen LogP) is 0.659. The first-order valence-corrected chi connectivity index (χ1v) is 5.30. The highest BCUT2D eigenvalue weighted by Crippen LogP contribution is 2.38. The normalized spacial score (nSPS) is 36.4. The highest BCUT2D eigenvalue weighted by Gasteiger charge is 2.08. The Morgan fingerprint density at radius 1 is 1.38 bits per heavy atom. The molecule has 1 heterocycles. The molecule has 0 radical (unpaired) electrons. The maximum Gasteiger partial charge on any atom is 0.191 e. The summed E-state index contributed by atoms with van der Waals surface area (Å²) in [6, 6.07) is 0. The van der Waals surface area contributed by atoms with Gasteiger partial charge in [-0.2, -0.15) is 0 Å². The molecule has 2 atom stereocenters. The topological polar surface area (TPSA) is 45.3 Å². The maximum absolute atomic E-state index is 5.01. The Morgan fingerprint density at radius 2 is 2.00 bits per heavy atom. The number of nitrogens with one attached hydrogen (secondary N) is 3. The van der Waals surface area contributed by atoms with Gasteiger partial charge in [0, 0.05) is 24.9 Å². The van der Waals surface area contributed by atoms with Crippen LogP contribution in [0, 0.1) is 0 Å². The minimum atomic E-state index is -0.507. The first-order valence-electron chi connectivity index (χ1n) is 2.04. The zero-order valence-electron chi connectivity index (χ0n) is 4.36. The van der Waals surface area contributed by atoms with Crippen molar-refractivity contribution in [2.45, 2.75) is 0 Å². The molecule has 7 heteroatoms. The van der Waals surface area contributed by atoms with Gasteiger partial charge in [-0.3, -0.25) is 4.86 Å². The van der Waals surface area contributed by atoms with E-state index in [1.807, 2.05) is 0 Å². The molecule has 1 fully saturated rings. The van der Waals surface area contributed by atoms with Crippen molar-refractivity contribution in [2.75, 3.05) is 7.11 Å². The summed E-state index contributed by atoms with van der Waals surface area (Å²) in [7, 11) is 2.48. The molecule has 1 rings (SSSR count). The molecule has 8 heavy (non-hydrogen) atoms. The van der Waals surface area contributed by atoms with Crippen LogP contribution >= 0.6 is 26.2 Å². The third-order valence-corrected chi connectivity index (χ3v) is 4.51. The smallest absolute Gasteiger partial charge is 0.191 e. The summed E-state index contributed by atoms with van der Waals surface area (Å²) >= 11 is 0. The van der Waals surface area contributed by atoms with Crippen molar-refractivity contribution in [3.63, 3.8) is 0 Å². The van der Waals surface area contributed by atoms with Crippen molar-refractivity contribution < 1.29 is 4.52 Å². The van der Waals surface area contributed by atoms with E-state index < -0.39 is 8.45 Å². The van der Waals surface area contributed by atoms with Gasteiger partial charge in [-0.1, -0.05) is 0 Å². The Labute approximate surface area is 53.2 Å². The largest absolute Gasteiger partial charge is 0.335 e. The van der Waals surface area contributed by atoms with Crippen molar-refractivity contribution in [3.8, 4) is 0 Å². The van der Waals surface area contributed by atoms with Crippen molar-refractivity contribution in [3.05, 3.63) is 0 Å². The monoisotopic (exact) mass is 171 g/mol. The molecule has 1 aliphatic rings. The van der Waals surface area contributed by atoms with Crippen LogP contribution < -0.4 is 14.6 Å².